The van der Waals surface area contributed by atoms with Crippen LogP contribution in [0.4, 0.5) is 18.9 Å². The third-order valence-electron chi connectivity index (χ3n) is 3.86. The van der Waals surface area contributed by atoms with Crippen LogP contribution in [0, 0.1) is 0 Å². The summed E-state index contributed by atoms with van der Waals surface area (Å²) in [6.07, 6.45) is -3.28. The summed E-state index contributed by atoms with van der Waals surface area (Å²) in [6, 6.07) is 2.68. The van der Waals surface area contributed by atoms with Gasteiger partial charge in [-0.05, 0) is 25.5 Å². The van der Waals surface area contributed by atoms with Gasteiger partial charge in [-0.1, -0.05) is 6.08 Å². The van der Waals surface area contributed by atoms with Crippen molar-refractivity contribution in [3.8, 4) is 0 Å². The van der Waals surface area contributed by atoms with E-state index in [-0.39, 0.29) is 22.1 Å². The van der Waals surface area contributed by atoms with E-state index in [2.05, 4.69) is 5.32 Å². The number of nitrogens with one attached hydrogen (secondary N) is 1. The molecule has 0 radical (unpaired) electrons. The van der Waals surface area contributed by atoms with Crippen LogP contribution in [0.5, 0.6) is 0 Å². The first kappa shape index (κ1) is 18.5. The average Bonchev–Trinajstić information content (AvgIpc) is 2.40. The van der Waals surface area contributed by atoms with Crippen molar-refractivity contribution in [1.29, 1.82) is 0 Å². The molecule has 0 amide bonds. The summed E-state index contributed by atoms with van der Waals surface area (Å²) in [5.41, 5.74) is -2.72. The van der Waals surface area contributed by atoms with Crippen molar-refractivity contribution >= 4 is 32.3 Å². The molecule has 1 aromatic heterocycles. The van der Waals surface area contributed by atoms with Crippen molar-refractivity contribution < 1.29 is 30.6 Å². The Morgan fingerprint density at radius 2 is 1.88 bits per heavy atom. The molecule has 1 aromatic carbocycles. The summed E-state index contributed by atoms with van der Waals surface area (Å²) in [5, 5.41) is 2.65. The number of rotatable bonds is 2. The largest absolute Gasteiger partial charge is 0.423 e. The maximum Gasteiger partial charge on any atom is 0.417 e. The number of benzene rings is 1. The molecular weight excluding hydrogens is 375 g/mol. The highest BCUT2D eigenvalue weighted by molar-refractivity contribution is 7.86. The topological polar surface area (TPSA) is 96.6 Å². The molecule has 0 saturated carbocycles. The lowest BCUT2D eigenvalue weighted by Gasteiger charge is -2.32. The minimum Gasteiger partial charge on any atom is -0.423 e. The maximum absolute atomic E-state index is 13.3. The monoisotopic (exact) mass is 389 g/mol. The molecule has 0 aliphatic carbocycles. The van der Waals surface area contributed by atoms with E-state index in [0.29, 0.717) is 11.8 Å². The predicted octanol–water partition coefficient (Wildman–Crippen LogP) is 3.29. The quantitative estimate of drug-likeness (QED) is 0.604. The van der Waals surface area contributed by atoms with Gasteiger partial charge in [-0.25, -0.2) is 4.79 Å². The van der Waals surface area contributed by atoms with E-state index in [1.807, 2.05) is 0 Å². The minimum absolute atomic E-state index is 0.146. The van der Waals surface area contributed by atoms with E-state index in [1.165, 1.54) is 12.1 Å². The summed E-state index contributed by atoms with van der Waals surface area (Å²) in [5.74, 6) is -0.755. The summed E-state index contributed by atoms with van der Waals surface area (Å²) in [4.78, 5) is 11.5. The fourth-order valence-corrected chi connectivity index (χ4v) is 3.66. The van der Waals surface area contributed by atoms with Crippen molar-refractivity contribution in [3.05, 3.63) is 45.8 Å². The zero-order valence-corrected chi connectivity index (χ0v) is 14.5. The highest BCUT2D eigenvalue weighted by Crippen LogP contribution is 2.40. The normalized spacial score (nSPS) is 16.8. The molecular formula is C16H14F3NO5S. The van der Waals surface area contributed by atoms with Crippen LogP contribution in [-0.2, 0) is 16.3 Å². The molecule has 0 unspecified atom stereocenters. The van der Waals surface area contributed by atoms with Crippen molar-refractivity contribution in [1.82, 2.24) is 0 Å². The van der Waals surface area contributed by atoms with Crippen LogP contribution in [0.1, 0.15) is 25.0 Å². The molecule has 0 saturated heterocycles. The highest BCUT2D eigenvalue weighted by Gasteiger charge is 2.35. The molecule has 0 atom stereocenters. The Morgan fingerprint density at radius 1 is 1.23 bits per heavy atom. The van der Waals surface area contributed by atoms with Crippen molar-refractivity contribution in [3.63, 3.8) is 0 Å². The van der Waals surface area contributed by atoms with E-state index >= 15 is 0 Å². The Morgan fingerprint density at radius 3 is 2.46 bits per heavy atom. The summed E-state index contributed by atoms with van der Waals surface area (Å²) in [7, 11) is -4.41. The van der Waals surface area contributed by atoms with Crippen LogP contribution >= 0.6 is 0 Å². The number of hydrogen-bond donors (Lipinski definition) is 2. The number of halogens is 3. The first-order valence-corrected chi connectivity index (χ1v) is 9.01. The zero-order chi connectivity index (χ0) is 19.5. The van der Waals surface area contributed by atoms with E-state index in [9.17, 15) is 30.9 Å². The highest BCUT2D eigenvalue weighted by atomic mass is 32.2. The van der Waals surface area contributed by atoms with E-state index in [1.54, 1.807) is 13.8 Å². The van der Waals surface area contributed by atoms with Crippen molar-refractivity contribution in [2.45, 2.75) is 25.6 Å². The van der Waals surface area contributed by atoms with Crippen LogP contribution in [0.2, 0.25) is 0 Å². The molecule has 10 heteroatoms. The zero-order valence-electron chi connectivity index (χ0n) is 13.6. The second kappa shape index (κ2) is 5.58. The molecule has 26 heavy (non-hydrogen) atoms. The number of hydrogen-bond acceptors (Lipinski definition) is 5. The molecule has 6 nitrogen and oxygen atoms in total. The Balaban J connectivity index is 2.34. The molecule has 2 aromatic rings. The Kier molecular flexibility index (Phi) is 3.96. The fraction of sp³-hybridized carbons (Fsp3) is 0.312. The lowest BCUT2D eigenvalue weighted by Crippen LogP contribution is -2.32. The van der Waals surface area contributed by atoms with Crippen LogP contribution in [0.3, 0.4) is 0 Å². The maximum atomic E-state index is 13.3. The van der Waals surface area contributed by atoms with Gasteiger partial charge in [0.2, 0.25) is 0 Å². The van der Waals surface area contributed by atoms with Gasteiger partial charge in [-0.3, -0.25) is 4.55 Å². The molecule has 0 spiro atoms. The lowest BCUT2D eigenvalue weighted by atomic mass is 9.90. The first-order valence-electron chi connectivity index (χ1n) is 7.40. The molecule has 2 N–H and O–H groups in total. The average molecular weight is 389 g/mol. The predicted molar refractivity (Wildman–Crippen MR) is 89.6 cm³/mol. The smallest absolute Gasteiger partial charge is 0.417 e. The molecule has 1 aliphatic rings. The second-order valence-corrected chi connectivity index (χ2v) is 8.07. The summed E-state index contributed by atoms with van der Waals surface area (Å²) in [6.45, 7) is 3.43. The molecule has 2 heterocycles. The summed E-state index contributed by atoms with van der Waals surface area (Å²) < 4.78 is 76.5. The standard InChI is InChI=1S/C16H14F3NO5S/c1-15(2)6-8(7-26(22,23)24)9-3-10-11(16(17,18)19)4-14(21)25-13(10)5-12(9)20-15/h3-6,20H,7H2,1-2H3,(H,22,23,24). The molecule has 0 bridgehead atoms. The second-order valence-electron chi connectivity index (χ2n) is 6.61. The van der Waals surface area contributed by atoms with Gasteiger partial charge in [0, 0.05) is 28.8 Å². The van der Waals surface area contributed by atoms with Crippen LogP contribution in [0.25, 0.3) is 16.5 Å². The van der Waals surface area contributed by atoms with Crippen LogP contribution < -0.4 is 10.9 Å². The van der Waals surface area contributed by atoms with Gasteiger partial charge in [-0.15, -0.1) is 0 Å². The number of fused-ring (bicyclic) bond motifs is 2. The fourth-order valence-electron chi connectivity index (χ4n) is 3.02. The van der Waals surface area contributed by atoms with E-state index < -0.39 is 38.8 Å². The van der Waals surface area contributed by atoms with Gasteiger partial charge in [0.15, 0.2) is 0 Å². The lowest BCUT2D eigenvalue weighted by molar-refractivity contribution is -0.136. The van der Waals surface area contributed by atoms with E-state index in [4.69, 9.17) is 4.42 Å². The van der Waals surface area contributed by atoms with Gasteiger partial charge in [-0.2, -0.15) is 21.6 Å². The van der Waals surface area contributed by atoms with Crippen LogP contribution in [0.15, 0.2) is 33.5 Å². The number of anilines is 1. The van der Waals surface area contributed by atoms with Gasteiger partial charge >= 0.3 is 11.8 Å². The SMILES string of the molecule is CC1(C)C=C(CS(=O)(=O)O)c2cc3c(C(F)(F)F)cc(=O)oc3cc2N1. The molecule has 1 aliphatic heterocycles. The van der Waals surface area contributed by atoms with Gasteiger partial charge in [0.25, 0.3) is 10.1 Å². The molecule has 3 rings (SSSR count). The third kappa shape index (κ3) is 3.61. The Labute approximate surface area is 146 Å². The van der Waals surface area contributed by atoms with Gasteiger partial charge in [0.05, 0.1) is 11.1 Å². The van der Waals surface area contributed by atoms with Crippen LogP contribution in [-0.4, -0.2) is 24.3 Å². The van der Waals surface area contributed by atoms with Gasteiger partial charge < -0.3 is 9.73 Å². The van der Waals surface area contributed by atoms with Gasteiger partial charge in [0.1, 0.15) is 11.3 Å². The summed E-state index contributed by atoms with van der Waals surface area (Å²) >= 11 is 0. The Hall–Kier alpha value is -2.33. The van der Waals surface area contributed by atoms with Crippen molar-refractivity contribution in [2.24, 2.45) is 0 Å². The number of alkyl halides is 3. The van der Waals surface area contributed by atoms with Crippen molar-refractivity contribution in [2.75, 3.05) is 11.1 Å². The first-order chi connectivity index (χ1) is 11.8. The molecule has 0 fully saturated rings. The molecule has 140 valence electrons. The minimum atomic E-state index is -4.79. The van der Waals surface area contributed by atoms with E-state index in [0.717, 1.165) is 6.07 Å². The Bertz CT molecular complexity index is 1100. The third-order valence-corrected chi connectivity index (χ3v) is 4.54.